The van der Waals surface area contributed by atoms with E-state index in [0.29, 0.717) is 17.3 Å². The molecule has 0 spiro atoms. The molecule has 0 saturated heterocycles. The van der Waals surface area contributed by atoms with Crippen LogP contribution in [0.15, 0.2) is 30.3 Å². The van der Waals surface area contributed by atoms with Gasteiger partial charge in [0.25, 0.3) is 5.91 Å². The average molecular weight is 267 g/mol. The number of rotatable bonds is 5. The van der Waals surface area contributed by atoms with Gasteiger partial charge in [0, 0.05) is 5.56 Å². The summed E-state index contributed by atoms with van der Waals surface area (Å²) in [4.78, 5) is 33.5. The Kier molecular flexibility index (Phi) is 5.38. The van der Waals surface area contributed by atoms with Crippen molar-refractivity contribution in [3.05, 3.63) is 35.9 Å². The number of nitrogens with one attached hydrogen (secondary N) is 1. The second-order valence-corrected chi connectivity index (χ2v) is 4.54. The number of thioether (sulfide) groups is 1. The molecular formula is C12H13NO4S. The van der Waals surface area contributed by atoms with Crippen LogP contribution in [0.3, 0.4) is 0 Å². The monoisotopic (exact) mass is 267 g/mol. The summed E-state index contributed by atoms with van der Waals surface area (Å²) < 4.78 is 0. The Hall–Kier alpha value is -1.82. The molecule has 0 aliphatic carbocycles. The first kappa shape index (κ1) is 14.2. The number of hydrogen-bond donors (Lipinski definition) is 2. The third-order valence-electron chi connectivity index (χ3n) is 2.08. The average Bonchev–Trinajstić information content (AvgIpc) is 2.36. The topological polar surface area (TPSA) is 83.5 Å². The number of amides is 1. The van der Waals surface area contributed by atoms with Crippen LogP contribution in [0.25, 0.3) is 0 Å². The predicted octanol–water partition coefficient (Wildman–Crippen LogP) is 1.15. The second-order valence-electron chi connectivity index (χ2n) is 3.56. The van der Waals surface area contributed by atoms with Crippen LogP contribution in [0, 0.1) is 0 Å². The minimum atomic E-state index is -1.06. The number of carboxylic acids is 1. The lowest BCUT2D eigenvalue weighted by molar-refractivity contribution is -0.134. The van der Waals surface area contributed by atoms with Crippen molar-refractivity contribution in [2.45, 2.75) is 13.0 Å². The van der Waals surface area contributed by atoms with Crippen LogP contribution in [0.5, 0.6) is 0 Å². The van der Waals surface area contributed by atoms with E-state index in [9.17, 15) is 14.4 Å². The lowest BCUT2D eigenvalue weighted by atomic mass is 10.2. The summed E-state index contributed by atoms with van der Waals surface area (Å²) in [5, 5.41) is 10.6. The highest BCUT2D eigenvalue weighted by molar-refractivity contribution is 8.14. The number of carboxylic acid groups (broad SMARTS) is 1. The lowest BCUT2D eigenvalue weighted by Gasteiger charge is -2.11. The van der Waals surface area contributed by atoms with E-state index in [1.54, 1.807) is 30.3 Å². The van der Waals surface area contributed by atoms with Crippen LogP contribution in [-0.2, 0) is 9.59 Å². The molecule has 1 aromatic rings. The zero-order valence-corrected chi connectivity index (χ0v) is 10.6. The maximum Gasteiger partial charge on any atom is 0.313 e. The zero-order chi connectivity index (χ0) is 13.5. The van der Waals surface area contributed by atoms with Gasteiger partial charge in [0.1, 0.15) is 0 Å². The molecule has 0 heterocycles. The fourth-order valence-electron chi connectivity index (χ4n) is 1.19. The second kappa shape index (κ2) is 6.80. The largest absolute Gasteiger partial charge is 0.481 e. The summed E-state index contributed by atoms with van der Waals surface area (Å²) in [6.07, 6.45) is 0. The first-order valence-corrected chi connectivity index (χ1v) is 6.23. The van der Waals surface area contributed by atoms with Gasteiger partial charge in [0.2, 0.25) is 5.12 Å². The van der Waals surface area contributed by atoms with Crippen molar-refractivity contribution in [2.24, 2.45) is 0 Å². The van der Waals surface area contributed by atoms with E-state index in [2.05, 4.69) is 5.32 Å². The molecule has 0 aromatic heterocycles. The van der Waals surface area contributed by atoms with E-state index in [0.717, 1.165) is 0 Å². The predicted molar refractivity (Wildman–Crippen MR) is 68.5 cm³/mol. The van der Waals surface area contributed by atoms with Crippen molar-refractivity contribution in [1.82, 2.24) is 5.32 Å². The molecule has 0 bridgehead atoms. The Balaban J connectivity index is 2.49. The van der Waals surface area contributed by atoms with E-state index in [1.807, 2.05) is 0 Å². The molecule has 1 amide bonds. The Bertz CT molecular complexity index is 447. The molecule has 5 nitrogen and oxygen atoms in total. The quantitative estimate of drug-likeness (QED) is 0.836. The number of hydrogen-bond acceptors (Lipinski definition) is 4. The van der Waals surface area contributed by atoms with Gasteiger partial charge in [0.15, 0.2) is 0 Å². The SMILES string of the molecule is C[C@H](NC(=O)c1ccccc1)C(=O)SCC(=O)O. The zero-order valence-electron chi connectivity index (χ0n) is 9.75. The molecule has 0 aliphatic rings. The van der Waals surface area contributed by atoms with Crippen LogP contribution in [0.1, 0.15) is 17.3 Å². The maximum atomic E-state index is 11.7. The van der Waals surface area contributed by atoms with Gasteiger partial charge in [0.05, 0.1) is 11.8 Å². The van der Waals surface area contributed by atoms with Crippen molar-refractivity contribution >= 4 is 28.8 Å². The van der Waals surface area contributed by atoms with E-state index in [4.69, 9.17) is 5.11 Å². The van der Waals surface area contributed by atoms with Crippen molar-refractivity contribution in [2.75, 3.05) is 5.75 Å². The Labute approximate surface area is 109 Å². The first-order chi connectivity index (χ1) is 8.50. The van der Waals surface area contributed by atoms with Crippen molar-refractivity contribution in [3.63, 3.8) is 0 Å². The normalized spacial score (nSPS) is 11.6. The van der Waals surface area contributed by atoms with E-state index >= 15 is 0 Å². The summed E-state index contributed by atoms with van der Waals surface area (Å²) in [7, 11) is 0. The van der Waals surface area contributed by atoms with Gasteiger partial charge in [-0.1, -0.05) is 30.0 Å². The molecule has 1 atom stereocenters. The van der Waals surface area contributed by atoms with Gasteiger partial charge >= 0.3 is 5.97 Å². The fraction of sp³-hybridized carbons (Fsp3) is 0.250. The smallest absolute Gasteiger partial charge is 0.313 e. The van der Waals surface area contributed by atoms with Gasteiger partial charge in [-0.05, 0) is 19.1 Å². The highest BCUT2D eigenvalue weighted by Crippen LogP contribution is 2.06. The molecule has 0 fully saturated rings. The van der Waals surface area contributed by atoms with E-state index in [1.165, 1.54) is 6.92 Å². The maximum absolute atomic E-state index is 11.7. The van der Waals surface area contributed by atoms with Crippen LogP contribution in [0.2, 0.25) is 0 Å². The third kappa shape index (κ3) is 4.58. The summed E-state index contributed by atoms with van der Waals surface area (Å²) in [6, 6.07) is 7.78. The van der Waals surface area contributed by atoms with Crippen molar-refractivity contribution in [3.8, 4) is 0 Å². The highest BCUT2D eigenvalue weighted by Gasteiger charge is 2.17. The summed E-state index contributed by atoms with van der Waals surface area (Å²) in [6.45, 7) is 1.53. The molecule has 0 unspecified atom stereocenters. The molecule has 96 valence electrons. The summed E-state index contributed by atoms with van der Waals surface area (Å²) >= 11 is 0.677. The Morgan fingerprint density at radius 3 is 2.44 bits per heavy atom. The van der Waals surface area contributed by atoms with Crippen molar-refractivity contribution < 1.29 is 19.5 Å². The molecule has 0 aliphatic heterocycles. The van der Waals surface area contributed by atoms with Crippen LogP contribution in [-0.4, -0.2) is 33.9 Å². The van der Waals surface area contributed by atoms with Gasteiger partial charge in [-0.2, -0.15) is 0 Å². The molecule has 0 saturated carbocycles. The van der Waals surface area contributed by atoms with E-state index in [-0.39, 0.29) is 16.8 Å². The minimum absolute atomic E-state index is 0.301. The standard InChI is InChI=1S/C12H13NO4S/c1-8(12(17)18-7-10(14)15)13-11(16)9-5-3-2-4-6-9/h2-6,8H,7H2,1H3,(H,13,16)(H,14,15)/t8-/m0/s1. The van der Waals surface area contributed by atoms with Crippen LogP contribution >= 0.6 is 11.8 Å². The lowest BCUT2D eigenvalue weighted by Crippen LogP contribution is -2.37. The van der Waals surface area contributed by atoms with Crippen LogP contribution in [0.4, 0.5) is 0 Å². The summed E-state index contributed by atoms with van der Waals surface area (Å²) in [5.41, 5.74) is 0.459. The number of carbonyl (C=O) groups is 3. The summed E-state index contributed by atoms with van der Waals surface area (Å²) in [5.74, 6) is -1.72. The molecule has 6 heteroatoms. The third-order valence-corrected chi connectivity index (χ3v) is 3.10. The van der Waals surface area contributed by atoms with Crippen molar-refractivity contribution in [1.29, 1.82) is 0 Å². The Morgan fingerprint density at radius 2 is 1.89 bits per heavy atom. The molecule has 1 aromatic carbocycles. The first-order valence-electron chi connectivity index (χ1n) is 5.25. The molecule has 0 radical (unpaired) electrons. The van der Waals surface area contributed by atoms with Gasteiger partial charge < -0.3 is 10.4 Å². The Morgan fingerprint density at radius 1 is 1.28 bits per heavy atom. The number of benzene rings is 1. The fourth-order valence-corrected chi connectivity index (χ4v) is 1.76. The van der Waals surface area contributed by atoms with Gasteiger partial charge in [-0.15, -0.1) is 0 Å². The molecule has 1 rings (SSSR count). The minimum Gasteiger partial charge on any atom is -0.481 e. The van der Waals surface area contributed by atoms with Gasteiger partial charge in [-0.3, -0.25) is 14.4 Å². The number of aliphatic carboxylic acids is 1. The van der Waals surface area contributed by atoms with Gasteiger partial charge in [-0.25, -0.2) is 0 Å². The van der Waals surface area contributed by atoms with E-state index < -0.39 is 12.0 Å². The molecular weight excluding hydrogens is 254 g/mol. The van der Waals surface area contributed by atoms with Crippen LogP contribution < -0.4 is 5.32 Å². The molecule has 2 N–H and O–H groups in total. The molecule has 18 heavy (non-hydrogen) atoms. The highest BCUT2D eigenvalue weighted by atomic mass is 32.2. The number of carbonyl (C=O) groups excluding carboxylic acids is 2.